The zero-order valence-electron chi connectivity index (χ0n) is 16.9. The van der Waals surface area contributed by atoms with Crippen LogP contribution in [0.1, 0.15) is 135 Å². The van der Waals surface area contributed by atoms with Crippen molar-refractivity contribution in [2.45, 2.75) is 135 Å². The summed E-state index contributed by atoms with van der Waals surface area (Å²) in [5, 5.41) is 0. The van der Waals surface area contributed by atoms with E-state index in [4.69, 9.17) is 0 Å². The third kappa shape index (κ3) is 16.6. The van der Waals surface area contributed by atoms with Crippen LogP contribution in [0.3, 0.4) is 0 Å². The Kier molecular flexibility index (Phi) is 16.4. The number of Topliss-reactive ketones (excluding diaryl/α,β-unsaturated/α-hetero) is 1. The highest BCUT2D eigenvalue weighted by Crippen LogP contribution is 2.14. The van der Waals surface area contributed by atoms with Gasteiger partial charge < -0.3 is 0 Å². The van der Waals surface area contributed by atoms with E-state index < -0.39 is 0 Å². The third-order valence-corrected chi connectivity index (χ3v) is 5.57. The zero-order chi connectivity index (χ0) is 17.8. The van der Waals surface area contributed by atoms with Gasteiger partial charge in [0.15, 0.2) is 0 Å². The van der Waals surface area contributed by atoms with Gasteiger partial charge in [-0.25, -0.2) is 0 Å². The quantitative estimate of drug-likeness (QED) is 0.402. The van der Waals surface area contributed by atoms with Gasteiger partial charge in [0.1, 0.15) is 5.78 Å². The number of hydrogen-bond acceptors (Lipinski definition) is 1. The molecule has 1 nitrogen and oxygen atoms in total. The normalized spacial score (nSPS) is 24.2. The van der Waals surface area contributed by atoms with Crippen LogP contribution in [0.15, 0.2) is 12.2 Å². The van der Waals surface area contributed by atoms with Gasteiger partial charge in [-0.1, -0.05) is 95.6 Å². The average Bonchev–Trinajstić information content (AvgIpc) is 2.61. The summed E-state index contributed by atoms with van der Waals surface area (Å²) in [7, 11) is 0. The Morgan fingerprint density at radius 2 is 0.680 bits per heavy atom. The number of ketones is 1. The smallest absolute Gasteiger partial charge is 0.132 e. The Morgan fingerprint density at radius 3 is 1.04 bits per heavy atom. The molecule has 0 fully saturated rings. The molecule has 0 heterocycles. The first-order valence-electron chi connectivity index (χ1n) is 11.6. The lowest BCUT2D eigenvalue weighted by Crippen LogP contribution is -1.97. The van der Waals surface area contributed by atoms with E-state index in [0.29, 0.717) is 5.78 Å². The fourth-order valence-electron chi connectivity index (χ4n) is 3.83. The number of carbonyl (C=O) groups is 1. The first-order chi connectivity index (χ1) is 12.4. The predicted octanol–water partition coefficient (Wildman–Crippen LogP) is 8.32. The summed E-state index contributed by atoms with van der Waals surface area (Å²) in [6.45, 7) is 0. The van der Waals surface area contributed by atoms with Crippen molar-refractivity contribution in [2.24, 2.45) is 0 Å². The van der Waals surface area contributed by atoms with Crippen LogP contribution in [0.25, 0.3) is 0 Å². The molecule has 0 saturated heterocycles. The van der Waals surface area contributed by atoms with Crippen LogP contribution in [-0.4, -0.2) is 5.78 Å². The molecule has 0 N–H and O–H groups in total. The summed E-state index contributed by atoms with van der Waals surface area (Å²) >= 11 is 0. The summed E-state index contributed by atoms with van der Waals surface area (Å²) in [6, 6.07) is 0. The van der Waals surface area contributed by atoms with E-state index in [1.54, 1.807) is 0 Å². The molecule has 1 aliphatic rings. The molecule has 0 aromatic heterocycles. The van der Waals surface area contributed by atoms with Gasteiger partial charge in [-0.15, -0.1) is 0 Å². The third-order valence-electron chi connectivity index (χ3n) is 5.57. The predicted molar refractivity (Wildman–Crippen MR) is 111 cm³/mol. The van der Waals surface area contributed by atoms with Gasteiger partial charge in [0.25, 0.3) is 0 Å². The monoisotopic (exact) mass is 348 g/mol. The van der Waals surface area contributed by atoms with Gasteiger partial charge in [-0.2, -0.15) is 0 Å². The Balaban J connectivity index is 2.12. The first-order valence-corrected chi connectivity index (χ1v) is 11.6. The van der Waals surface area contributed by atoms with E-state index in [9.17, 15) is 4.79 Å². The van der Waals surface area contributed by atoms with Gasteiger partial charge in [-0.3, -0.25) is 4.79 Å². The highest BCUT2D eigenvalue weighted by Gasteiger charge is 2.02. The largest absolute Gasteiger partial charge is 0.300 e. The van der Waals surface area contributed by atoms with Crippen LogP contribution >= 0.6 is 0 Å². The molecular formula is C24H44O. The molecule has 1 heteroatoms. The highest BCUT2D eigenvalue weighted by molar-refractivity contribution is 5.78. The summed E-state index contributed by atoms with van der Waals surface area (Å²) in [5.41, 5.74) is 0. The number of allylic oxidation sites excluding steroid dienone is 2. The lowest BCUT2D eigenvalue weighted by molar-refractivity contribution is -0.119. The molecule has 0 radical (unpaired) electrons. The highest BCUT2D eigenvalue weighted by atomic mass is 16.1. The second-order valence-corrected chi connectivity index (χ2v) is 8.10. The van der Waals surface area contributed by atoms with Crippen LogP contribution in [0, 0.1) is 0 Å². The Bertz CT molecular complexity index is 318. The van der Waals surface area contributed by atoms with E-state index in [1.165, 1.54) is 109 Å². The number of carbonyl (C=O) groups excluding carboxylic acids is 1. The van der Waals surface area contributed by atoms with Crippen molar-refractivity contribution < 1.29 is 4.79 Å². The molecule has 0 unspecified atom stereocenters. The van der Waals surface area contributed by atoms with Crippen LogP contribution in [0.2, 0.25) is 0 Å². The van der Waals surface area contributed by atoms with Gasteiger partial charge in [0.05, 0.1) is 0 Å². The summed E-state index contributed by atoms with van der Waals surface area (Å²) in [5.74, 6) is 0.516. The van der Waals surface area contributed by atoms with Crippen molar-refractivity contribution in [2.75, 3.05) is 0 Å². The topological polar surface area (TPSA) is 17.1 Å². The molecular weight excluding hydrogens is 304 g/mol. The Labute approximate surface area is 158 Å². The molecule has 0 saturated carbocycles. The summed E-state index contributed by atoms with van der Waals surface area (Å²) < 4.78 is 0. The molecule has 1 aliphatic carbocycles. The minimum Gasteiger partial charge on any atom is -0.300 e. The second-order valence-electron chi connectivity index (χ2n) is 8.10. The minimum absolute atomic E-state index is 0.516. The van der Waals surface area contributed by atoms with E-state index in [0.717, 1.165) is 25.7 Å². The van der Waals surface area contributed by atoms with E-state index in [-0.39, 0.29) is 0 Å². The molecule has 0 aliphatic heterocycles. The maximum absolute atomic E-state index is 11.9. The van der Waals surface area contributed by atoms with Crippen molar-refractivity contribution in [1.29, 1.82) is 0 Å². The van der Waals surface area contributed by atoms with Crippen molar-refractivity contribution in [3.05, 3.63) is 12.2 Å². The SMILES string of the molecule is O=C1CCCCCCCCCC/C=C/CCCCCCCCCCC1. The van der Waals surface area contributed by atoms with Crippen molar-refractivity contribution in [3.63, 3.8) is 0 Å². The van der Waals surface area contributed by atoms with Crippen molar-refractivity contribution >= 4 is 5.78 Å². The van der Waals surface area contributed by atoms with Gasteiger partial charge in [-0.05, 0) is 38.5 Å². The number of hydrogen-bond donors (Lipinski definition) is 0. The molecule has 0 aromatic carbocycles. The average molecular weight is 349 g/mol. The molecule has 0 spiro atoms. The molecule has 25 heavy (non-hydrogen) atoms. The number of rotatable bonds is 0. The van der Waals surface area contributed by atoms with E-state index in [2.05, 4.69) is 12.2 Å². The van der Waals surface area contributed by atoms with Crippen LogP contribution in [-0.2, 0) is 4.79 Å². The van der Waals surface area contributed by atoms with Crippen LogP contribution < -0.4 is 0 Å². The zero-order valence-corrected chi connectivity index (χ0v) is 16.9. The maximum atomic E-state index is 11.9. The molecule has 0 amide bonds. The van der Waals surface area contributed by atoms with Gasteiger partial charge in [0, 0.05) is 12.8 Å². The summed E-state index contributed by atoms with van der Waals surface area (Å²) in [4.78, 5) is 11.9. The van der Waals surface area contributed by atoms with Gasteiger partial charge in [0.2, 0.25) is 0 Å². The van der Waals surface area contributed by atoms with E-state index in [1.807, 2.05) is 0 Å². The maximum Gasteiger partial charge on any atom is 0.132 e. The second kappa shape index (κ2) is 18.2. The molecule has 1 rings (SSSR count). The first kappa shape index (κ1) is 22.5. The molecule has 0 bridgehead atoms. The molecule has 0 aromatic rings. The van der Waals surface area contributed by atoms with Gasteiger partial charge >= 0.3 is 0 Å². The summed E-state index contributed by atoms with van der Waals surface area (Å²) in [6.07, 6.45) is 31.8. The lowest BCUT2D eigenvalue weighted by Gasteiger charge is -2.04. The van der Waals surface area contributed by atoms with E-state index >= 15 is 0 Å². The Hall–Kier alpha value is -0.590. The van der Waals surface area contributed by atoms with Crippen molar-refractivity contribution in [1.82, 2.24) is 0 Å². The fraction of sp³-hybridized carbons (Fsp3) is 0.875. The van der Waals surface area contributed by atoms with Crippen molar-refractivity contribution in [3.8, 4) is 0 Å². The Morgan fingerprint density at radius 1 is 0.400 bits per heavy atom. The standard InChI is InChI=1S/C24H44O/c25-24-22-20-18-16-14-12-10-8-6-4-2-1-3-5-7-9-11-13-15-17-19-21-23-24/h1-2H,3-23H2/b2-1+. The minimum atomic E-state index is 0.516. The molecule has 146 valence electrons. The van der Waals surface area contributed by atoms with Crippen LogP contribution in [0.5, 0.6) is 0 Å². The lowest BCUT2D eigenvalue weighted by atomic mass is 10.0. The fourth-order valence-corrected chi connectivity index (χ4v) is 3.83. The molecule has 0 atom stereocenters. The van der Waals surface area contributed by atoms with Crippen LogP contribution in [0.4, 0.5) is 0 Å².